The maximum absolute atomic E-state index is 12.0. The zero-order valence-electron chi connectivity index (χ0n) is 12.3. The minimum absolute atomic E-state index is 0. The van der Waals surface area contributed by atoms with Crippen LogP contribution in [-0.2, 0) is 4.79 Å². The molecule has 0 aromatic carbocycles. The monoisotopic (exact) mass is 313 g/mol. The van der Waals surface area contributed by atoms with Gasteiger partial charge in [0.1, 0.15) is 0 Å². The van der Waals surface area contributed by atoms with Gasteiger partial charge >= 0.3 is 0 Å². The molecule has 1 aliphatic rings. The molecule has 19 heavy (non-hydrogen) atoms. The molecule has 0 aromatic heterocycles. The molecule has 2 N–H and O–H groups in total. The summed E-state index contributed by atoms with van der Waals surface area (Å²) in [5.74, 6) is 0.148. The Morgan fingerprint density at radius 1 is 1.37 bits per heavy atom. The predicted molar refractivity (Wildman–Crippen MR) is 85.2 cm³/mol. The number of halogens is 2. The number of hydrogen-bond donors (Lipinski definition) is 1. The lowest BCUT2D eigenvalue weighted by Crippen LogP contribution is -2.47. The molecule has 1 amide bonds. The van der Waals surface area contributed by atoms with Crippen LogP contribution in [0, 0.1) is 5.92 Å². The number of likely N-dealkylation sites (tertiary alicyclic amines) is 1. The van der Waals surface area contributed by atoms with Crippen LogP contribution in [0.4, 0.5) is 0 Å². The molecule has 116 valence electrons. The molecule has 0 radical (unpaired) electrons. The van der Waals surface area contributed by atoms with E-state index in [4.69, 9.17) is 5.73 Å². The van der Waals surface area contributed by atoms with Gasteiger partial charge in [-0.2, -0.15) is 0 Å². The van der Waals surface area contributed by atoms with E-state index in [9.17, 15) is 4.79 Å². The zero-order valence-corrected chi connectivity index (χ0v) is 13.9. The predicted octanol–water partition coefficient (Wildman–Crippen LogP) is 1.76. The van der Waals surface area contributed by atoms with E-state index < -0.39 is 0 Å². The molecule has 1 fully saturated rings. The fraction of sp³-hybridized carbons (Fsp3) is 0.923. The fourth-order valence-corrected chi connectivity index (χ4v) is 2.47. The summed E-state index contributed by atoms with van der Waals surface area (Å²) in [5.41, 5.74) is 5.55. The second-order valence-electron chi connectivity index (χ2n) is 5.16. The summed E-state index contributed by atoms with van der Waals surface area (Å²) >= 11 is 0. The van der Waals surface area contributed by atoms with E-state index in [0.717, 1.165) is 25.9 Å². The average molecular weight is 314 g/mol. The van der Waals surface area contributed by atoms with Gasteiger partial charge in [0.25, 0.3) is 0 Å². The Kier molecular flexibility index (Phi) is 12.0. The van der Waals surface area contributed by atoms with Gasteiger partial charge in [-0.1, -0.05) is 13.8 Å². The molecule has 1 aliphatic heterocycles. The molecule has 1 rings (SSSR count). The number of piperidine rings is 1. The molecule has 1 unspecified atom stereocenters. The summed E-state index contributed by atoms with van der Waals surface area (Å²) < 4.78 is 0. The first-order valence-corrected chi connectivity index (χ1v) is 6.79. The summed E-state index contributed by atoms with van der Waals surface area (Å²) in [6.45, 7) is 7.98. The van der Waals surface area contributed by atoms with E-state index in [1.54, 1.807) is 0 Å². The summed E-state index contributed by atoms with van der Waals surface area (Å²) in [4.78, 5) is 16.4. The lowest BCUT2D eigenvalue weighted by atomic mass is 10.0. The van der Waals surface area contributed by atoms with Gasteiger partial charge < -0.3 is 15.5 Å². The van der Waals surface area contributed by atoms with Gasteiger partial charge in [-0.05, 0) is 25.8 Å². The van der Waals surface area contributed by atoms with E-state index in [2.05, 4.69) is 11.8 Å². The smallest absolute Gasteiger partial charge is 0.226 e. The summed E-state index contributed by atoms with van der Waals surface area (Å²) in [7, 11) is 1.93. The highest BCUT2D eigenvalue weighted by Gasteiger charge is 2.26. The average Bonchev–Trinajstić information content (AvgIpc) is 2.37. The molecular formula is C13H29Cl2N3O. The molecule has 0 spiro atoms. The lowest BCUT2D eigenvalue weighted by molar-refractivity contribution is -0.136. The molecular weight excluding hydrogens is 285 g/mol. The Morgan fingerprint density at radius 3 is 2.32 bits per heavy atom. The Hall–Kier alpha value is -0.0300. The van der Waals surface area contributed by atoms with Crippen LogP contribution in [0.2, 0.25) is 0 Å². The minimum Gasteiger partial charge on any atom is -0.342 e. The van der Waals surface area contributed by atoms with Crippen molar-refractivity contribution in [3.8, 4) is 0 Å². The molecule has 0 aromatic rings. The minimum atomic E-state index is -0.0475. The van der Waals surface area contributed by atoms with E-state index in [-0.39, 0.29) is 36.6 Å². The number of carbonyl (C=O) groups excluding carboxylic acids is 1. The summed E-state index contributed by atoms with van der Waals surface area (Å²) in [6, 6.07) is 0.407. The summed E-state index contributed by atoms with van der Waals surface area (Å²) in [5, 5.41) is 0. The largest absolute Gasteiger partial charge is 0.342 e. The van der Waals surface area contributed by atoms with Crippen molar-refractivity contribution in [1.82, 2.24) is 9.80 Å². The van der Waals surface area contributed by atoms with Gasteiger partial charge in [0.2, 0.25) is 5.91 Å². The van der Waals surface area contributed by atoms with Crippen molar-refractivity contribution in [2.45, 2.75) is 39.2 Å². The maximum Gasteiger partial charge on any atom is 0.226 e. The molecule has 4 nitrogen and oxygen atoms in total. The molecule has 0 saturated carbocycles. The van der Waals surface area contributed by atoms with Crippen LogP contribution in [0.25, 0.3) is 0 Å². The van der Waals surface area contributed by atoms with Gasteiger partial charge in [0, 0.05) is 38.6 Å². The third-order valence-corrected chi connectivity index (χ3v) is 3.77. The van der Waals surface area contributed by atoms with Crippen molar-refractivity contribution < 1.29 is 4.79 Å². The zero-order chi connectivity index (χ0) is 12.8. The third-order valence-electron chi connectivity index (χ3n) is 3.77. The van der Waals surface area contributed by atoms with Gasteiger partial charge in [-0.25, -0.2) is 0 Å². The highest BCUT2D eigenvalue weighted by Crippen LogP contribution is 2.17. The molecule has 1 atom stereocenters. The quantitative estimate of drug-likeness (QED) is 0.841. The van der Waals surface area contributed by atoms with Crippen molar-refractivity contribution in [3.63, 3.8) is 0 Å². The second kappa shape index (κ2) is 10.7. The number of carbonyl (C=O) groups is 1. The van der Waals surface area contributed by atoms with Crippen LogP contribution >= 0.6 is 24.8 Å². The number of rotatable bonds is 5. The van der Waals surface area contributed by atoms with Gasteiger partial charge in [-0.15, -0.1) is 24.8 Å². The van der Waals surface area contributed by atoms with E-state index in [1.807, 2.05) is 18.9 Å². The van der Waals surface area contributed by atoms with Gasteiger partial charge in [0.15, 0.2) is 0 Å². The lowest BCUT2D eigenvalue weighted by Gasteiger charge is -2.37. The van der Waals surface area contributed by atoms with Crippen molar-refractivity contribution in [1.29, 1.82) is 0 Å². The maximum atomic E-state index is 12.0. The Labute approximate surface area is 129 Å². The summed E-state index contributed by atoms with van der Waals surface area (Å²) in [6.07, 6.45) is 3.41. The van der Waals surface area contributed by atoms with Gasteiger partial charge in [0.05, 0.1) is 0 Å². The highest BCUT2D eigenvalue weighted by atomic mass is 35.5. The molecule has 1 saturated heterocycles. The first-order chi connectivity index (χ1) is 8.10. The fourth-order valence-electron chi connectivity index (χ4n) is 2.47. The molecule has 0 aliphatic carbocycles. The Balaban J connectivity index is 0. The van der Waals surface area contributed by atoms with E-state index >= 15 is 0 Å². The number of amides is 1. The van der Waals surface area contributed by atoms with Crippen molar-refractivity contribution >= 4 is 30.7 Å². The number of hydrogen-bond acceptors (Lipinski definition) is 3. The first kappa shape index (κ1) is 21.3. The number of nitrogens with zero attached hydrogens (tertiary/aromatic N) is 2. The van der Waals surface area contributed by atoms with Crippen LogP contribution in [0.1, 0.15) is 33.1 Å². The van der Waals surface area contributed by atoms with Crippen LogP contribution in [0.15, 0.2) is 0 Å². The third kappa shape index (κ3) is 6.30. The standard InChI is InChI=1S/C13H27N3O.2ClH/c1-4-7-16-8-5-12(6-9-16)15(3)13(17)11(2)10-14;;/h11-12H,4-10,14H2,1-3H3;2*1H. The van der Waals surface area contributed by atoms with Crippen molar-refractivity contribution in [2.24, 2.45) is 11.7 Å². The Bertz CT molecular complexity index is 246. The second-order valence-corrected chi connectivity index (χ2v) is 5.16. The van der Waals surface area contributed by atoms with Crippen LogP contribution in [0.3, 0.4) is 0 Å². The van der Waals surface area contributed by atoms with Crippen molar-refractivity contribution in [2.75, 3.05) is 33.2 Å². The van der Waals surface area contributed by atoms with Crippen LogP contribution in [0.5, 0.6) is 0 Å². The number of nitrogens with two attached hydrogens (primary N) is 1. The van der Waals surface area contributed by atoms with Gasteiger partial charge in [-0.3, -0.25) is 4.79 Å². The topological polar surface area (TPSA) is 49.6 Å². The van der Waals surface area contributed by atoms with E-state index in [1.165, 1.54) is 13.0 Å². The molecule has 0 bridgehead atoms. The van der Waals surface area contributed by atoms with E-state index in [0.29, 0.717) is 12.6 Å². The SMILES string of the molecule is CCCN1CCC(N(C)C(=O)C(C)CN)CC1.Cl.Cl. The molecule has 6 heteroatoms. The van der Waals surface area contributed by atoms with Crippen LogP contribution < -0.4 is 5.73 Å². The van der Waals surface area contributed by atoms with Crippen molar-refractivity contribution in [3.05, 3.63) is 0 Å². The van der Waals surface area contributed by atoms with Crippen LogP contribution in [-0.4, -0.2) is 55.0 Å². The molecule has 1 heterocycles. The Morgan fingerprint density at radius 2 is 1.89 bits per heavy atom. The highest BCUT2D eigenvalue weighted by molar-refractivity contribution is 5.85. The normalized spacial score (nSPS) is 18.1. The first-order valence-electron chi connectivity index (χ1n) is 6.79.